The van der Waals surface area contributed by atoms with Gasteiger partial charge >= 0.3 is 6.03 Å². The highest BCUT2D eigenvalue weighted by Crippen LogP contribution is 2.39. The Morgan fingerprint density at radius 2 is 1.68 bits per heavy atom. The van der Waals surface area contributed by atoms with E-state index in [2.05, 4.69) is 11.4 Å². The minimum atomic E-state index is -0.0340. The normalized spacial score (nSPS) is 16.0. The number of rotatable bonds is 5. The molecular weight excluding hydrogens is 368 g/mol. The number of carbonyl (C=O) groups excluding carboxylic acids is 1. The Bertz CT molecular complexity index is 918. The number of para-hydroxylation sites is 1. The zero-order valence-corrected chi connectivity index (χ0v) is 16.3. The van der Waals surface area contributed by atoms with Crippen molar-refractivity contribution >= 4 is 17.8 Å². The molecule has 4 rings (SSSR count). The predicted molar refractivity (Wildman–Crippen MR) is 114 cm³/mol. The number of nitrogens with zero attached hydrogens (tertiary/aromatic N) is 1. The molecule has 0 aliphatic carbocycles. The number of urea groups is 1. The van der Waals surface area contributed by atoms with Crippen LogP contribution in [0.15, 0.2) is 84.9 Å². The van der Waals surface area contributed by atoms with Crippen LogP contribution in [0.2, 0.25) is 0 Å². The predicted octanol–water partition coefficient (Wildman–Crippen LogP) is 5.44. The van der Waals surface area contributed by atoms with Crippen molar-refractivity contribution in [2.45, 2.75) is 11.9 Å². The molecule has 1 aliphatic heterocycles. The van der Waals surface area contributed by atoms with Crippen LogP contribution in [0, 0.1) is 0 Å². The number of thioether (sulfide) groups is 1. The quantitative estimate of drug-likeness (QED) is 0.631. The van der Waals surface area contributed by atoms with E-state index in [-0.39, 0.29) is 11.4 Å². The highest BCUT2D eigenvalue weighted by molar-refractivity contribution is 7.99. The first-order valence-electron chi connectivity index (χ1n) is 9.32. The van der Waals surface area contributed by atoms with Gasteiger partial charge in [0.15, 0.2) is 0 Å². The van der Waals surface area contributed by atoms with Gasteiger partial charge in [0.05, 0.1) is 0 Å². The average molecular weight is 391 g/mol. The van der Waals surface area contributed by atoms with Gasteiger partial charge in [0, 0.05) is 18.8 Å². The minimum absolute atomic E-state index is 0.00454. The number of amides is 2. The van der Waals surface area contributed by atoms with Gasteiger partial charge in [-0.25, -0.2) is 4.79 Å². The fourth-order valence-electron chi connectivity index (χ4n) is 3.19. The highest BCUT2D eigenvalue weighted by Gasteiger charge is 2.30. The van der Waals surface area contributed by atoms with Crippen LogP contribution in [-0.4, -0.2) is 23.2 Å². The van der Waals surface area contributed by atoms with Gasteiger partial charge in [-0.05, 0) is 35.4 Å². The molecule has 1 saturated heterocycles. The Morgan fingerprint density at radius 3 is 2.46 bits per heavy atom. The summed E-state index contributed by atoms with van der Waals surface area (Å²) in [6.07, 6.45) is 0. The Balaban J connectivity index is 1.44. The summed E-state index contributed by atoms with van der Waals surface area (Å²) < 4.78 is 5.95. The third-order valence-electron chi connectivity index (χ3n) is 4.56. The minimum Gasteiger partial charge on any atom is -0.457 e. The van der Waals surface area contributed by atoms with Gasteiger partial charge in [-0.1, -0.05) is 60.7 Å². The van der Waals surface area contributed by atoms with Crippen LogP contribution in [0.3, 0.4) is 0 Å². The van der Waals surface area contributed by atoms with Crippen molar-refractivity contribution in [2.75, 3.05) is 12.3 Å². The fraction of sp³-hybridized carbons (Fsp3) is 0.174. The lowest BCUT2D eigenvalue weighted by molar-refractivity contribution is 0.200. The largest absolute Gasteiger partial charge is 0.457 e. The van der Waals surface area contributed by atoms with Gasteiger partial charge in [-0.15, -0.1) is 11.8 Å². The number of hydrogen-bond donors (Lipinski definition) is 1. The summed E-state index contributed by atoms with van der Waals surface area (Å²) >= 11 is 1.78. The van der Waals surface area contributed by atoms with E-state index in [1.807, 2.05) is 83.8 Å². The molecule has 4 nitrogen and oxygen atoms in total. The topological polar surface area (TPSA) is 41.6 Å². The van der Waals surface area contributed by atoms with Gasteiger partial charge in [0.25, 0.3) is 0 Å². The zero-order chi connectivity index (χ0) is 19.2. The van der Waals surface area contributed by atoms with Crippen molar-refractivity contribution in [3.05, 3.63) is 96.1 Å². The summed E-state index contributed by atoms with van der Waals surface area (Å²) in [5, 5.41) is 3.03. The summed E-state index contributed by atoms with van der Waals surface area (Å²) in [6, 6.07) is 27.6. The molecule has 1 aliphatic rings. The number of carbonyl (C=O) groups is 1. The monoisotopic (exact) mass is 390 g/mol. The molecular formula is C23H22N2O2S. The van der Waals surface area contributed by atoms with Crippen molar-refractivity contribution in [1.29, 1.82) is 0 Å². The van der Waals surface area contributed by atoms with E-state index in [1.165, 1.54) is 0 Å². The van der Waals surface area contributed by atoms with E-state index in [0.717, 1.165) is 34.9 Å². The fourth-order valence-corrected chi connectivity index (χ4v) is 4.43. The molecule has 1 heterocycles. The second-order valence-corrected chi connectivity index (χ2v) is 7.74. The first-order chi connectivity index (χ1) is 13.8. The molecule has 0 bridgehead atoms. The van der Waals surface area contributed by atoms with Crippen LogP contribution in [0.5, 0.6) is 11.5 Å². The standard InChI is InChI=1S/C23H22N2O2S/c26-23(24-17-18-8-3-1-4-9-18)25-14-15-28-22(25)19-10-7-13-21(16-19)27-20-11-5-2-6-12-20/h1-13,16,22H,14-15,17H2,(H,24,26)/t22-/m1/s1. The van der Waals surface area contributed by atoms with Crippen molar-refractivity contribution < 1.29 is 9.53 Å². The Hall–Kier alpha value is -2.92. The Kier molecular flexibility index (Phi) is 5.83. The van der Waals surface area contributed by atoms with Gasteiger partial charge in [-0.3, -0.25) is 0 Å². The second kappa shape index (κ2) is 8.85. The number of nitrogens with one attached hydrogen (secondary N) is 1. The lowest BCUT2D eigenvalue weighted by atomic mass is 10.2. The molecule has 0 aromatic heterocycles. The molecule has 3 aromatic rings. The van der Waals surface area contributed by atoms with E-state index in [4.69, 9.17) is 4.74 Å². The number of benzene rings is 3. The lowest BCUT2D eigenvalue weighted by Gasteiger charge is -2.24. The molecule has 3 aromatic carbocycles. The summed E-state index contributed by atoms with van der Waals surface area (Å²) in [5.74, 6) is 2.50. The Morgan fingerprint density at radius 1 is 0.964 bits per heavy atom. The maximum atomic E-state index is 12.7. The second-order valence-electron chi connectivity index (χ2n) is 6.55. The van der Waals surface area contributed by atoms with Crippen molar-refractivity contribution in [1.82, 2.24) is 10.2 Å². The van der Waals surface area contributed by atoms with E-state index in [1.54, 1.807) is 11.8 Å². The molecule has 2 amide bonds. The molecule has 0 radical (unpaired) electrons. The molecule has 0 unspecified atom stereocenters. The average Bonchev–Trinajstić information content (AvgIpc) is 3.24. The highest BCUT2D eigenvalue weighted by atomic mass is 32.2. The SMILES string of the molecule is O=C(NCc1ccccc1)N1CCS[C@@H]1c1cccc(Oc2ccccc2)c1. The number of hydrogen-bond acceptors (Lipinski definition) is 3. The third kappa shape index (κ3) is 4.49. The molecule has 28 heavy (non-hydrogen) atoms. The first kappa shape index (κ1) is 18.4. The summed E-state index contributed by atoms with van der Waals surface area (Å²) in [4.78, 5) is 14.6. The van der Waals surface area contributed by atoms with Crippen molar-refractivity contribution in [2.24, 2.45) is 0 Å². The smallest absolute Gasteiger partial charge is 0.318 e. The molecule has 1 N–H and O–H groups in total. The molecule has 5 heteroatoms. The summed E-state index contributed by atoms with van der Waals surface area (Å²) in [7, 11) is 0. The molecule has 0 spiro atoms. The van der Waals surface area contributed by atoms with Crippen LogP contribution < -0.4 is 10.1 Å². The third-order valence-corrected chi connectivity index (χ3v) is 5.82. The van der Waals surface area contributed by atoms with E-state index in [9.17, 15) is 4.79 Å². The molecule has 1 atom stereocenters. The van der Waals surface area contributed by atoms with Crippen LogP contribution in [0.25, 0.3) is 0 Å². The van der Waals surface area contributed by atoms with Crippen LogP contribution >= 0.6 is 11.8 Å². The lowest BCUT2D eigenvalue weighted by Crippen LogP contribution is -2.39. The maximum absolute atomic E-state index is 12.7. The van der Waals surface area contributed by atoms with Crippen molar-refractivity contribution in [3.63, 3.8) is 0 Å². The Labute approximate surface area is 169 Å². The zero-order valence-electron chi connectivity index (χ0n) is 15.5. The van der Waals surface area contributed by atoms with Gasteiger partial charge in [0.1, 0.15) is 16.9 Å². The van der Waals surface area contributed by atoms with E-state index >= 15 is 0 Å². The van der Waals surface area contributed by atoms with E-state index < -0.39 is 0 Å². The van der Waals surface area contributed by atoms with Crippen LogP contribution in [-0.2, 0) is 6.54 Å². The first-order valence-corrected chi connectivity index (χ1v) is 10.4. The van der Waals surface area contributed by atoms with Crippen LogP contribution in [0.4, 0.5) is 4.79 Å². The van der Waals surface area contributed by atoms with Gasteiger partial charge < -0.3 is 15.0 Å². The van der Waals surface area contributed by atoms with E-state index in [0.29, 0.717) is 6.54 Å². The van der Waals surface area contributed by atoms with Crippen molar-refractivity contribution in [3.8, 4) is 11.5 Å². The van der Waals surface area contributed by atoms with Gasteiger partial charge in [-0.2, -0.15) is 0 Å². The summed E-state index contributed by atoms with van der Waals surface area (Å²) in [5.41, 5.74) is 2.17. The molecule has 0 saturated carbocycles. The summed E-state index contributed by atoms with van der Waals surface area (Å²) in [6.45, 7) is 1.27. The molecule has 142 valence electrons. The number of ether oxygens (including phenoxy) is 1. The maximum Gasteiger partial charge on any atom is 0.318 e. The van der Waals surface area contributed by atoms with Gasteiger partial charge in [0.2, 0.25) is 0 Å². The van der Waals surface area contributed by atoms with Crippen LogP contribution in [0.1, 0.15) is 16.5 Å². The molecule has 1 fully saturated rings.